The first-order chi connectivity index (χ1) is 16.1. The topological polar surface area (TPSA) is 98.7 Å². The fraction of sp³-hybridized carbons (Fsp3) is 0.174. The van der Waals surface area contributed by atoms with Crippen LogP contribution in [0.3, 0.4) is 0 Å². The maximum absolute atomic E-state index is 13.2. The molecule has 0 spiro atoms. The van der Waals surface area contributed by atoms with Gasteiger partial charge >= 0.3 is 0 Å². The highest BCUT2D eigenvalue weighted by Crippen LogP contribution is 2.30. The van der Waals surface area contributed by atoms with E-state index in [9.17, 15) is 4.79 Å². The summed E-state index contributed by atoms with van der Waals surface area (Å²) in [6.07, 6.45) is 3.25. The molecule has 0 radical (unpaired) electrons. The van der Waals surface area contributed by atoms with Crippen LogP contribution in [0.2, 0.25) is 0 Å². The van der Waals surface area contributed by atoms with E-state index in [1.165, 1.54) is 16.9 Å². The van der Waals surface area contributed by atoms with Crippen molar-refractivity contribution in [2.24, 2.45) is 0 Å². The molecule has 10 heteroatoms. The second kappa shape index (κ2) is 9.16. The van der Waals surface area contributed by atoms with Gasteiger partial charge < -0.3 is 4.42 Å². The smallest absolute Gasteiger partial charge is 0.258 e. The Morgan fingerprint density at radius 3 is 2.79 bits per heavy atom. The van der Waals surface area contributed by atoms with Gasteiger partial charge in [-0.05, 0) is 37.6 Å². The molecule has 0 bridgehead atoms. The van der Waals surface area contributed by atoms with Crippen molar-refractivity contribution in [3.05, 3.63) is 72.1 Å². The number of amides is 1. The number of hydrogen-bond acceptors (Lipinski definition) is 8. The van der Waals surface area contributed by atoms with Gasteiger partial charge in [-0.3, -0.25) is 10.1 Å². The van der Waals surface area contributed by atoms with E-state index in [0.717, 1.165) is 10.1 Å². The van der Waals surface area contributed by atoms with Crippen LogP contribution in [0, 0.1) is 0 Å². The first-order valence-corrected chi connectivity index (χ1v) is 12.1. The first-order valence-electron chi connectivity index (χ1n) is 10.3. The summed E-state index contributed by atoms with van der Waals surface area (Å²) < 4.78 is 8.10. The number of hydrogen-bond donors (Lipinski definition) is 1. The highest BCUT2D eigenvalue weighted by molar-refractivity contribution is 8.00. The van der Waals surface area contributed by atoms with Gasteiger partial charge in [-0.1, -0.05) is 53.4 Å². The molecule has 1 N–H and O–H groups in total. The molecule has 0 saturated carbocycles. The number of carbonyl (C=O) groups is 1. The van der Waals surface area contributed by atoms with E-state index in [-0.39, 0.29) is 11.9 Å². The molecule has 0 atom stereocenters. The highest BCUT2D eigenvalue weighted by atomic mass is 32.2. The average Bonchev–Trinajstić information content (AvgIpc) is 3.58. The van der Waals surface area contributed by atoms with Gasteiger partial charge in [0.05, 0.1) is 23.4 Å². The van der Waals surface area contributed by atoms with Gasteiger partial charge in [0, 0.05) is 11.8 Å². The van der Waals surface area contributed by atoms with Crippen LogP contribution in [0.4, 0.5) is 5.13 Å². The van der Waals surface area contributed by atoms with Crippen LogP contribution < -0.4 is 5.32 Å². The van der Waals surface area contributed by atoms with Crippen molar-refractivity contribution in [1.29, 1.82) is 0 Å². The number of nitrogens with zero attached hydrogens (tertiary/aromatic N) is 5. The minimum Gasteiger partial charge on any atom is -0.463 e. The Bertz CT molecular complexity index is 1390. The normalized spacial score (nSPS) is 11.4. The number of nitrogens with one attached hydrogen (secondary N) is 1. The van der Waals surface area contributed by atoms with Crippen LogP contribution in [0.15, 0.2) is 69.7 Å². The maximum atomic E-state index is 13.2. The van der Waals surface area contributed by atoms with E-state index in [0.29, 0.717) is 33.2 Å². The minimum absolute atomic E-state index is 0.0881. The Hall–Kier alpha value is -3.50. The predicted octanol–water partition coefficient (Wildman–Crippen LogP) is 5.67. The van der Waals surface area contributed by atoms with Gasteiger partial charge in [-0.15, -0.1) is 10.2 Å². The minimum atomic E-state index is -0.297. The number of carbonyl (C=O) groups excluding carboxylic acids is 1. The quantitative estimate of drug-likeness (QED) is 0.239. The predicted molar refractivity (Wildman–Crippen MR) is 129 cm³/mol. The molecule has 0 aliphatic heterocycles. The van der Waals surface area contributed by atoms with Gasteiger partial charge in [0.1, 0.15) is 5.69 Å². The van der Waals surface area contributed by atoms with E-state index in [1.807, 2.05) is 38.1 Å². The summed E-state index contributed by atoms with van der Waals surface area (Å²) in [6.45, 7) is 4.03. The Balaban J connectivity index is 1.41. The van der Waals surface area contributed by atoms with Gasteiger partial charge in [0.2, 0.25) is 5.13 Å². The summed E-state index contributed by atoms with van der Waals surface area (Å²) in [5.41, 5.74) is 2.85. The monoisotopic (exact) mass is 476 g/mol. The molecule has 4 aromatic heterocycles. The van der Waals surface area contributed by atoms with Crippen molar-refractivity contribution in [3.63, 3.8) is 0 Å². The molecule has 5 aromatic rings. The molecule has 0 saturated heterocycles. The number of pyridine rings is 1. The van der Waals surface area contributed by atoms with Crippen LogP contribution >= 0.6 is 23.1 Å². The third-order valence-electron chi connectivity index (χ3n) is 4.91. The molecule has 1 amide bonds. The largest absolute Gasteiger partial charge is 0.463 e. The van der Waals surface area contributed by atoms with E-state index in [2.05, 4.69) is 32.7 Å². The summed E-state index contributed by atoms with van der Waals surface area (Å²) in [7, 11) is 0. The van der Waals surface area contributed by atoms with Crippen molar-refractivity contribution in [2.45, 2.75) is 30.0 Å². The van der Waals surface area contributed by atoms with E-state index >= 15 is 0 Å². The Labute approximate surface area is 198 Å². The van der Waals surface area contributed by atoms with Crippen LogP contribution in [0.5, 0.6) is 0 Å². The van der Waals surface area contributed by atoms with Crippen LogP contribution in [0.1, 0.15) is 35.8 Å². The summed E-state index contributed by atoms with van der Waals surface area (Å²) in [6, 6.07) is 15.6. The Morgan fingerprint density at radius 1 is 1.18 bits per heavy atom. The average molecular weight is 477 g/mol. The first kappa shape index (κ1) is 21.4. The zero-order valence-electron chi connectivity index (χ0n) is 17.9. The third-order valence-corrected chi connectivity index (χ3v) is 6.95. The molecule has 0 aliphatic carbocycles. The number of rotatable bonds is 7. The molecule has 166 valence electrons. The van der Waals surface area contributed by atoms with Crippen LogP contribution in [-0.4, -0.2) is 30.9 Å². The molecule has 5 rings (SSSR count). The number of benzene rings is 1. The number of furan rings is 1. The summed E-state index contributed by atoms with van der Waals surface area (Å²) >= 11 is 2.93. The summed E-state index contributed by atoms with van der Waals surface area (Å²) in [5.74, 6) is 1.07. The maximum Gasteiger partial charge on any atom is 0.258 e. The number of aromatic nitrogens is 5. The Kier molecular flexibility index (Phi) is 5.93. The standard InChI is InChI=1S/C23H20N6O2S2/c1-14(2)29-20-17(12-24-29)16(11-18(25-20)19-9-6-10-31-19)21(30)26-22-27-28-23(33-22)32-13-15-7-4-3-5-8-15/h3-12,14H,13H2,1-2H3,(H,26,27,30). The number of fused-ring (bicyclic) bond motifs is 1. The van der Waals surface area contributed by atoms with Crippen molar-refractivity contribution in [3.8, 4) is 11.5 Å². The van der Waals surface area contributed by atoms with Crippen LogP contribution in [0.25, 0.3) is 22.5 Å². The summed E-state index contributed by atoms with van der Waals surface area (Å²) in [5, 5.41) is 16.8. The summed E-state index contributed by atoms with van der Waals surface area (Å²) in [4.78, 5) is 17.9. The van der Waals surface area contributed by atoms with Gasteiger partial charge in [0.15, 0.2) is 15.7 Å². The van der Waals surface area contributed by atoms with Gasteiger partial charge in [0.25, 0.3) is 5.91 Å². The fourth-order valence-corrected chi connectivity index (χ4v) is 5.04. The second-order valence-corrected chi connectivity index (χ2v) is 9.75. The van der Waals surface area contributed by atoms with Crippen molar-refractivity contribution < 1.29 is 9.21 Å². The van der Waals surface area contributed by atoms with E-state index < -0.39 is 0 Å². The number of thioether (sulfide) groups is 1. The lowest BCUT2D eigenvalue weighted by molar-refractivity contribution is 0.102. The fourth-order valence-electron chi connectivity index (χ4n) is 3.34. The molecule has 1 aromatic carbocycles. The molecule has 0 fully saturated rings. The molecular formula is C23H20N6O2S2. The number of anilines is 1. The van der Waals surface area contributed by atoms with Crippen molar-refractivity contribution >= 4 is 45.2 Å². The lowest BCUT2D eigenvalue weighted by Crippen LogP contribution is -2.13. The molecule has 0 aliphatic rings. The van der Waals surface area contributed by atoms with E-state index in [1.54, 1.807) is 41.0 Å². The molecule has 4 heterocycles. The van der Waals surface area contributed by atoms with Gasteiger partial charge in [-0.2, -0.15) is 5.10 Å². The van der Waals surface area contributed by atoms with Crippen molar-refractivity contribution in [2.75, 3.05) is 5.32 Å². The zero-order valence-corrected chi connectivity index (χ0v) is 19.6. The lowest BCUT2D eigenvalue weighted by atomic mass is 10.1. The highest BCUT2D eigenvalue weighted by Gasteiger charge is 2.20. The lowest BCUT2D eigenvalue weighted by Gasteiger charge is -2.09. The third kappa shape index (κ3) is 4.53. The van der Waals surface area contributed by atoms with Crippen LogP contribution in [-0.2, 0) is 5.75 Å². The molecular weight excluding hydrogens is 456 g/mol. The van der Waals surface area contributed by atoms with Crippen molar-refractivity contribution in [1.82, 2.24) is 25.0 Å². The van der Waals surface area contributed by atoms with E-state index in [4.69, 9.17) is 9.40 Å². The molecule has 0 unspecified atom stereocenters. The van der Waals surface area contributed by atoms with Gasteiger partial charge in [-0.25, -0.2) is 9.67 Å². The SMILES string of the molecule is CC(C)n1ncc2c(C(=O)Nc3nnc(SCc4ccccc4)s3)cc(-c3ccco3)nc21. The Morgan fingerprint density at radius 2 is 2.03 bits per heavy atom. The molecule has 8 nitrogen and oxygen atoms in total. The molecule has 33 heavy (non-hydrogen) atoms. The second-order valence-electron chi connectivity index (χ2n) is 7.55. The zero-order chi connectivity index (χ0) is 22.8.